The van der Waals surface area contributed by atoms with Crippen LogP contribution in [0, 0.1) is 35.5 Å². The van der Waals surface area contributed by atoms with Crippen LogP contribution in [0.5, 0.6) is 0 Å². The van der Waals surface area contributed by atoms with E-state index in [4.69, 9.17) is 14.7 Å². The fourth-order valence-electron chi connectivity index (χ4n) is 8.85. The molecule has 4 amide bonds. The zero-order valence-electron chi connectivity index (χ0n) is 32.4. The van der Waals surface area contributed by atoms with Gasteiger partial charge in [-0.25, -0.2) is 19.6 Å². The molecule has 2 saturated carbocycles. The van der Waals surface area contributed by atoms with Gasteiger partial charge in [0.2, 0.25) is 11.8 Å². The van der Waals surface area contributed by atoms with E-state index in [0.29, 0.717) is 17.7 Å². The van der Waals surface area contributed by atoms with Crippen LogP contribution in [0.3, 0.4) is 0 Å². The molecule has 14 heteroatoms. The number of methoxy groups -OCH3 is 1. The molecule has 14 nitrogen and oxygen atoms in total. The van der Waals surface area contributed by atoms with Crippen LogP contribution in [0.15, 0.2) is 48.7 Å². The van der Waals surface area contributed by atoms with Crippen molar-refractivity contribution >= 4 is 35.0 Å². The normalized spacial score (nSPS) is 24.3. The van der Waals surface area contributed by atoms with Crippen LogP contribution in [0.25, 0.3) is 22.3 Å². The van der Waals surface area contributed by atoms with Crippen LogP contribution in [-0.4, -0.2) is 102 Å². The Bertz CT molecular complexity index is 2250. The summed E-state index contributed by atoms with van der Waals surface area (Å²) in [6, 6.07) is 12.1. The molecule has 0 bridgehead atoms. The number of nitrogens with one attached hydrogen (secondary N) is 3. The van der Waals surface area contributed by atoms with E-state index in [9.17, 15) is 24.3 Å². The number of hydrogen-bond donors (Lipinski definition) is 4. The third-order valence-electron chi connectivity index (χ3n) is 12.0. The number of imidazole rings is 2. The molecule has 8 rings (SSSR count). The summed E-state index contributed by atoms with van der Waals surface area (Å²) in [7, 11) is 2.76. The zero-order chi connectivity index (χ0) is 39.6. The van der Waals surface area contributed by atoms with Crippen molar-refractivity contribution in [1.29, 1.82) is 0 Å². The molecule has 2 aliphatic carbocycles. The maximum absolute atomic E-state index is 13.8. The fraction of sp³-hybridized carbons (Fsp3) is 0.476. The van der Waals surface area contributed by atoms with Crippen molar-refractivity contribution in [2.75, 3.05) is 14.2 Å². The van der Waals surface area contributed by atoms with E-state index in [-0.39, 0.29) is 47.8 Å². The highest BCUT2D eigenvalue weighted by Gasteiger charge is 2.57. The SMILES string of the molecule is COC(=O)N[C@H](C(=O)N1[C@@H]2C[C@H]2C[C@H]1c1nc(-c2ccc(C#Cc3ccc4[nH]c([C@@H]5C[C@H]6C[C@H]6N5C(=O)[C@H](C(C)C)N(C)C(=O)O)nc4c3)cc2)c[nH]1)C(C)C. The molecule has 2 aromatic carbocycles. The van der Waals surface area contributed by atoms with Crippen LogP contribution >= 0.6 is 0 Å². The average Bonchev–Trinajstić information content (AvgIpc) is 3.80. The van der Waals surface area contributed by atoms with Crippen LogP contribution in [0.4, 0.5) is 9.59 Å². The molecular weight excluding hydrogens is 713 g/mol. The number of likely N-dealkylation sites (N-methyl/N-ethyl adjacent to an activating group) is 1. The summed E-state index contributed by atoms with van der Waals surface area (Å²) in [5, 5.41) is 12.4. The van der Waals surface area contributed by atoms with Gasteiger partial charge in [0.15, 0.2) is 0 Å². The summed E-state index contributed by atoms with van der Waals surface area (Å²) in [6.45, 7) is 7.57. The van der Waals surface area contributed by atoms with Crippen molar-refractivity contribution < 1.29 is 29.0 Å². The van der Waals surface area contributed by atoms with E-state index < -0.39 is 24.3 Å². The monoisotopic (exact) mass is 760 g/mol. The largest absolute Gasteiger partial charge is 0.465 e. The minimum Gasteiger partial charge on any atom is -0.465 e. The van der Waals surface area contributed by atoms with Gasteiger partial charge in [-0.1, -0.05) is 51.7 Å². The van der Waals surface area contributed by atoms with Gasteiger partial charge in [-0.2, -0.15) is 0 Å². The maximum atomic E-state index is 13.8. The molecule has 4 aliphatic rings. The number of benzene rings is 2. The molecule has 4 N–H and O–H groups in total. The molecule has 2 aromatic heterocycles. The van der Waals surface area contributed by atoms with E-state index in [1.165, 1.54) is 14.2 Å². The number of fused-ring (bicyclic) bond motifs is 3. The van der Waals surface area contributed by atoms with E-state index >= 15 is 0 Å². The van der Waals surface area contributed by atoms with Crippen molar-refractivity contribution in [3.63, 3.8) is 0 Å². The number of nitrogens with zero attached hydrogens (tertiary/aromatic N) is 5. The second kappa shape index (κ2) is 14.3. The molecule has 0 radical (unpaired) electrons. The number of hydrogen-bond acceptors (Lipinski definition) is 7. The van der Waals surface area contributed by atoms with Crippen molar-refractivity contribution in [3.05, 3.63) is 71.4 Å². The van der Waals surface area contributed by atoms with Gasteiger partial charge in [0.05, 0.1) is 35.9 Å². The summed E-state index contributed by atoms with van der Waals surface area (Å²) >= 11 is 0. The molecule has 4 fully saturated rings. The van der Waals surface area contributed by atoms with Gasteiger partial charge >= 0.3 is 12.2 Å². The summed E-state index contributed by atoms with van der Waals surface area (Å²) in [5.41, 5.74) is 4.94. The van der Waals surface area contributed by atoms with Crippen molar-refractivity contribution in [2.24, 2.45) is 23.7 Å². The van der Waals surface area contributed by atoms with Crippen molar-refractivity contribution in [3.8, 4) is 23.1 Å². The molecule has 4 heterocycles. The van der Waals surface area contributed by atoms with Gasteiger partial charge in [0.25, 0.3) is 0 Å². The minimum atomic E-state index is -1.12. The number of likely N-dealkylation sites (tertiary alicyclic amines) is 2. The van der Waals surface area contributed by atoms with Gasteiger partial charge in [-0.3, -0.25) is 14.5 Å². The molecule has 56 heavy (non-hydrogen) atoms. The quantitative estimate of drug-likeness (QED) is 0.157. The van der Waals surface area contributed by atoms with Crippen molar-refractivity contribution in [1.82, 2.24) is 40.0 Å². The Morgan fingerprint density at radius 2 is 1.48 bits per heavy atom. The summed E-state index contributed by atoms with van der Waals surface area (Å²) < 4.78 is 4.78. The minimum absolute atomic E-state index is 0.105. The Morgan fingerprint density at radius 3 is 2.11 bits per heavy atom. The molecule has 0 unspecified atom stereocenters. The first-order valence-corrected chi connectivity index (χ1v) is 19.4. The number of carbonyl (C=O) groups excluding carboxylic acids is 3. The third-order valence-corrected chi connectivity index (χ3v) is 12.0. The number of aromatic amines is 2. The number of carboxylic acid groups (broad SMARTS) is 1. The third kappa shape index (κ3) is 6.84. The number of H-pyrrole nitrogens is 2. The molecule has 4 aromatic rings. The topological polar surface area (TPSA) is 177 Å². The predicted molar refractivity (Wildman–Crippen MR) is 207 cm³/mol. The lowest BCUT2D eigenvalue weighted by molar-refractivity contribution is -0.140. The molecule has 2 saturated heterocycles. The number of piperidine rings is 2. The Hall–Kier alpha value is -5.84. The summed E-state index contributed by atoms with van der Waals surface area (Å²) in [4.78, 5) is 72.9. The lowest BCUT2D eigenvalue weighted by atomic mass is 10.0. The highest BCUT2D eigenvalue weighted by molar-refractivity contribution is 5.88. The van der Waals surface area contributed by atoms with Gasteiger partial charge in [-0.15, -0.1) is 0 Å². The number of carbonyl (C=O) groups is 4. The smallest absolute Gasteiger partial charge is 0.407 e. The average molecular weight is 761 g/mol. The van der Waals surface area contributed by atoms with E-state index in [2.05, 4.69) is 27.1 Å². The Balaban J connectivity index is 0.950. The highest BCUT2D eigenvalue weighted by atomic mass is 16.5. The summed E-state index contributed by atoms with van der Waals surface area (Å²) in [6.07, 6.45) is 3.66. The first kappa shape index (κ1) is 37.1. The van der Waals surface area contributed by atoms with Crippen molar-refractivity contribution in [2.45, 2.75) is 89.6 Å². The maximum Gasteiger partial charge on any atom is 0.407 e. The fourth-order valence-corrected chi connectivity index (χ4v) is 8.85. The predicted octanol–water partition coefficient (Wildman–Crippen LogP) is 5.69. The Kier molecular flexibility index (Phi) is 9.50. The highest BCUT2D eigenvalue weighted by Crippen LogP contribution is 2.54. The number of rotatable bonds is 9. The first-order valence-electron chi connectivity index (χ1n) is 19.4. The zero-order valence-corrected chi connectivity index (χ0v) is 32.4. The van der Waals surface area contributed by atoms with E-state index in [1.807, 2.05) is 86.2 Å². The molecular formula is C42H48N8O6. The second-order valence-electron chi connectivity index (χ2n) is 16.4. The second-order valence-corrected chi connectivity index (χ2v) is 16.4. The van der Waals surface area contributed by atoms with E-state index in [0.717, 1.165) is 69.8 Å². The van der Waals surface area contributed by atoms with Gasteiger partial charge < -0.3 is 34.9 Å². The van der Waals surface area contributed by atoms with E-state index in [1.54, 1.807) is 0 Å². The van der Waals surface area contributed by atoms with Crippen LogP contribution in [-0.2, 0) is 14.3 Å². The number of alkyl carbamates (subject to hydrolysis) is 1. The standard InChI is InChI=1S/C42H48N8O6/c1-21(2)35(47-41(53)56-6)39(51)49-31-16-26(31)18-33(49)37-43-20-30(46-37)25-12-9-23(10-13-25)7-8-24-11-14-28-29(15-24)45-38(44-28)34-19-27-17-32(27)50(34)40(52)36(22(3)4)48(5)42(54)55/h9-15,20-22,26-27,31-36H,16-19H2,1-6H3,(H,43,46)(H,44,45)(H,47,53)(H,54,55)/t26-,27+,31+,32+,33-,34-,35-,36-/m0/s1. The molecule has 2 aliphatic heterocycles. The molecule has 292 valence electrons. The van der Waals surface area contributed by atoms with Gasteiger partial charge in [0, 0.05) is 42.0 Å². The molecule has 0 spiro atoms. The summed E-state index contributed by atoms with van der Waals surface area (Å²) in [5.74, 6) is 8.24. The van der Waals surface area contributed by atoms with Gasteiger partial charge in [0.1, 0.15) is 23.7 Å². The van der Waals surface area contributed by atoms with Crippen LogP contribution in [0.1, 0.15) is 88.2 Å². The Labute approximate surface area is 325 Å². The molecule has 8 atom stereocenters. The van der Waals surface area contributed by atoms with Crippen LogP contribution < -0.4 is 5.32 Å². The lowest BCUT2D eigenvalue weighted by Gasteiger charge is -2.35. The number of amides is 4. The lowest BCUT2D eigenvalue weighted by Crippen LogP contribution is -2.52. The number of aromatic nitrogens is 4. The number of ether oxygens (including phenoxy) is 1. The Morgan fingerprint density at radius 1 is 0.857 bits per heavy atom. The van der Waals surface area contributed by atoms with Gasteiger partial charge in [-0.05, 0) is 79.7 Å². The van der Waals surface area contributed by atoms with Crippen LogP contribution in [0.2, 0.25) is 0 Å². The first-order chi connectivity index (χ1) is 26.8.